The summed E-state index contributed by atoms with van der Waals surface area (Å²) in [5, 5.41) is 8.96. The molecule has 0 fully saturated rings. The molecule has 5 N–H and O–H groups in total. The van der Waals surface area contributed by atoms with Crippen LogP contribution in [0.2, 0.25) is 0 Å². The fourth-order valence-corrected chi connectivity index (χ4v) is 1.58. The Morgan fingerprint density at radius 2 is 2.00 bits per heavy atom. The van der Waals surface area contributed by atoms with E-state index < -0.39 is 5.97 Å². The monoisotopic (exact) mass is 229 g/mol. The van der Waals surface area contributed by atoms with E-state index in [1.807, 2.05) is 0 Å². The number of pyridine rings is 1. The van der Waals surface area contributed by atoms with Crippen molar-refractivity contribution in [2.75, 3.05) is 11.5 Å². The Bertz CT molecular complexity index is 582. The molecule has 5 heteroatoms. The molecule has 1 heterocycles. The van der Waals surface area contributed by atoms with Crippen molar-refractivity contribution in [3.63, 3.8) is 0 Å². The molecule has 2 aromatic rings. The van der Waals surface area contributed by atoms with Gasteiger partial charge >= 0.3 is 5.97 Å². The van der Waals surface area contributed by atoms with E-state index in [1.54, 1.807) is 24.3 Å². The van der Waals surface area contributed by atoms with E-state index in [4.69, 9.17) is 16.6 Å². The summed E-state index contributed by atoms with van der Waals surface area (Å²) < 4.78 is 0. The first kappa shape index (κ1) is 10.9. The number of nitrogen functional groups attached to an aromatic ring is 2. The largest absolute Gasteiger partial charge is 0.478 e. The molecule has 1 aromatic carbocycles. The quantitative estimate of drug-likeness (QED) is 0.679. The maximum atomic E-state index is 10.9. The molecule has 0 saturated heterocycles. The SMILES string of the molecule is Nc1cccc(-c2nccc(C(=O)O)c2N)c1. The van der Waals surface area contributed by atoms with Crippen LogP contribution in [0.25, 0.3) is 11.3 Å². The number of benzene rings is 1. The minimum atomic E-state index is -1.07. The first-order valence-corrected chi connectivity index (χ1v) is 4.93. The number of nitrogens with two attached hydrogens (primary N) is 2. The predicted molar refractivity (Wildman–Crippen MR) is 65.5 cm³/mol. The van der Waals surface area contributed by atoms with Gasteiger partial charge in [0.05, 0.1) is 16.9 Å². The lowest BCUT2D eigenvalue weighted by molar-refractivity contribution is 0.0698. The van der Waals surface area contributed by atoms with Gasteiger partial charge < -0.3 is 16.6 Å². The summed E-state index contributed by atoms with van der Waals surface area (Å²) in [4.78, 5) is 15.0. The number of aromatic nitrogens is 1. The van der Waals surface area contributed by atoms with Crippen molar-refractivity contribution in [2.24, 2.45) is 0 Å². The number of nitrogens with zero attached hydrogens (tertiary/aromatic N) is 1. The van der Waals surface area contributed by atoms with Crippen LogP contribution in [-0.4, -0.2) is 16.1 Å². The van der Waals surface area contributed by atoms with Gasteiger partial charge in [-0.1, -0.05) is 12.1 Å². The first-order chi connectivity index (χ1) is 8.09. The molecule has 0 radical (unpaired) electrons. The van der Waals surface area contributed by atoms with Gasteiger partial charge in [-0.15, -0.1) is 0 Å². The summed E-state index contributed by atoms with van der Waals surface area (Å²) in [5.41, 5.74) is 13.3. The molecule has 0 amide bonds. The molecular weight excluding hydrogens is 218 g/mol. The van der Waals surface area contributed by atoms with Crippen molar-refractivity contribution in [1.29, 1.82) is 0 Å². The van der Waals surface area contributed by atoms with Gasteiger partial charge in [-0.05, 0) is 18.2 Å². The third-order valence-electron chi connectivity index (χ3n) is 2.38. The van der Waals surface area contributed by atoms with E-state index in [1.165, 1.54) is 12.3 Å². The number of carbonyl (C=O) groups is 1. The lowest BCUT2D eigenvalue weighted by atomic mass is 10.1. The van der Waals surface area contributed by atoms with Crippen LogP contribution in [-0.2, 0) is 0 Å². The van der Waals surface area contributed by atoms with Crippen LogP contribution in [0.4, 0.5) is 11.4 Å². The number of carboxylic acid groups (broad SMARTS) is 1. The molecule has 2 rings (SSSR count). The molecule has 0 atom stereocenters. The van der Waals surface area contributed by atoms with Gasteiger partial charge in [0.25, 0.3) is 0 Å². The Balaban J connectivity index is 2.60. The predicted octanol–water partition coefficient (Wildman–Crippen LogP) is 1.61. The molecule has 0 unspecified atom stereocenters. The summed E-state index contributed by atoms with van der Waals surface area (Å²) in [6.45, 7) is 0. The summed E-state index contributed by atoms with van der Waals surface area (Å²) in [6.07, 6.45) is 1.42. The van der Waals surface area contributed by atoms with Gasteiger partial charge in [0.2, 0.25) is 0 Å². The number of hydrogen-bond acceptors (Lipinski definition) is 4. The average Bonchev–Trinajstić information content (AvgIpc) is 2.29. The maximum absolute atomic E-state index is 10.9. The van der Waals surface area contributed by atoms with Crippen molar-refractivity contribution in [3.8, 4) is 11.3 Å². The van der Waals surface area contributed by atoms with E-state index >= 15 is 0 Å². The number of rotatable bonds is 2. The summed E-state index contributed by atoms with van der Waals surface area (Å²) in [6, 6.07) is 8.35. The van der Waals surface area contributed by atoms with E-state index in [0.29, 0.717) is 16.9 Å². The summed E-state index contributed by atoms with van der Waals surface area (Å²) in [7, 11) is 0. The Hall–Kier alpha value is -2.56. The van der Waals surface area contributed by atoms with Crippen molar-refractivity contribution in [2.45, 2.75) is 0 Å². The van der Waals surface area contributed by atoms with E-state index in [0.717, 1.165) is 0 Å². The van der Waals surface area contributed by atoms with Crippen LogP contribution in [0.1, 0.15) is 10.4 Å². The molecule has 0 spiro atoms. The molecule has 0 aliphatic rings. The smallest absolute Gasteiger partial charge is 0.337 e. The summed E-state index contributed by atoms with van der Waals surface area (Å²) >= 11 is 0. The van der Waals surface area contributed by atoms with Gasteiger partial charge in [-0.25, -0.2) is 4.79 Å². The number of hydrogen-bond donors (Lipinski definition) is 3. The third-order valence-corrected chi connectivity index (χ3v) is 2.38. The van der Waals surface area contributed by atoms with Crippen molar-refractivity contribution in [3.05, 3.63) is 42.1 Å². The highest BCUT2D eigenvalue weighted by Gasteiger charge is 2.13. The van der Waals surface area contributed by atoms with Gasteiger partial charge in [0, 0.05) is 17.4 Å². The van der Waals surface area contributed by atoms with Crippen LogP contribution < -0.4 is 11.5 Å². The molecular formula is C12H11N3O2. The molecule has 1 aromatic heterocycles. The highest BCUT2D eigenvalue weighted by Crippen LogP contribution is 2.27. The van der Waals surface area contributed by atoms with E-state index in [2.05, 4.69) is 4.98 Å². The molecule has 0 bridgehead atoms. The standard InChI is InChI=1S/C12H11N3O2/c13-8-3-1-2-7(6-8)11-10(14)9(12(16)17)4-5-15-11/h1-6H,13-14H2,(H,16,17). The highest BCUT2D eigenvalue weighted by atomic mass is 16.4. The van der Waals surface area contributed by atoms with Gasteiger partial charge in [-0.2, -0.15) is 0 Å². The first-order valence-electron chi connectivity index (χ1n) is 4.93. The van der Waals surface area contributed by atoms with Crippen molar-refractivity contribution < 1.29 is 9.90 Å². The van der Waals surface area contributed by atoms with Crippen LogP contribution in [0, 0.1) is 0 Å². The molecule has 17 heavy (non-hydrogen) atoms. The number of aromatic carboxylic acids is 1. The zero-order valence-electron chi connectivity index (χ0n) is 8.92. The van der Waals surface area contributed by atoms with Crippen LogP contribution >= 0.6 is 0 Å². The average molecular weight is 229 g/mol. The van der Waals surface area contributed by atoms with E-state index in [9.17, 15) is 4.79 Å². The zero-order valence-corrected chi connectivity index (χ0v) is 8.92. The molecule has 86 valence electrons. The van der Waals surface area contributed by atoms with Crippen LogP contribution in [0.3, 0.4) is 0 Å². The van der Waals surface area contributed by atoms with Crippen LogP contribution in [0.5, 0.6) is 0 Å². The van der Waals surface area contributed by atoms with Gasteiger partial charge in [0.15, 0.2) is 0 Å². The van der Waals surface area contributed by atoms with Crippen molar-refractivity contribution in [1.82, 2.24) is 4.98 Å². The molecule has 0 aliphatic carbocycles. The fourth-order valence-electron chi connectivity index (χ4n) is 1.58. The molecule has 0 saturated carbocycles. The second-order valence-electron chi connectivity index (χ2n) is 3.55. The number of anilines is 2. The molecule has 0 aliphatic heterocycles. The van der Waals surface area contributed by atoms with Crippen LogP contribution in [0.15, 0.2) is 36.5 Å². The second-order valence-corrected chi connectivity index (χ2v) is 3.55. The highest BCUT2D eigenvalue weighted by molar-refractivity contribution is 5.97. The fraction of sp³-hybridized carbons (Fsp3) is 0. The Labute approximate surface area is 97.7 Å². The minimum Gasteiger partial charge on any atom is -0.478 e. The molecule has 5 nitrogen and oxygen atoms in total. The number of carboxylic acids is 1. The van der Waals surface area contributed by atoms with Crippen molar-refractivity contribution >= 4 is 17.3 Å². The van der Waals surface area contributed by atoms with Gasteiger partial charge in [-0.3, -0.25) is 4.98 Å². The normalized spacial score (nSPS) is 10.1. The Morgan fingerprint density at radius 1 is 1.24 bits per heavy atom. The summed E-state index contributed by atoms with van der Waals surface area (Å²) in [5.74, 6) is -1.07. The lowest BCUT2D eigenvalue weighted by Crippen LogP contribution is -2.05. The van der Waals surface area contributed by atoms with E-state index in [-0.39, 0.29) is 11.3 Å². The Morgan fingerprint density at radius 3 is 2.65 bits per heavy atom. The second kappa shape index (κ2) is 4.13. The van der Waals surface area contributed by atoms with Gasteiger partial charge in [0.1, 0.15) is 0 Å². The Kier molecular flexibility index (Phi) is 2.66. The topological polar surface area (TPSA) is 102 Å². The minimum absolute atomic E-state index is 0.0393. The lowest BCUT2D eigenvalue weighted by Gasteiger charge is -2.07. The third kappa shape index (κ3) is 2.03. The zero-order chi connectivity index (χ0) is 12.4. The maximum Gasteiger partial charge on any atom is 0.337 e.